The summed E-state index contributed by atoms with van der Waals surface area (Å²) in [6.07, 6.45) is 1.37. The Morgan fingerprint density at radius 1 is 1.28 bits per heavy atom. The van der Waals surface area contributed by atoms with Crippen molar-refractivity contribution in [1.29, 1.82) is 0 Å². The predicted molar refractivity (Wildman–Crippen MR) is 105 cm³/mol. The molecule has 1 aliphatic rings. The summed E-state index contributed by atoms with van der Waals surface area (Å²) in [5, 5.41) is 8.84. The summed E-state index contributed by atoms with van der Waals surface area (Å²) in [5.74, 6) is -1.85. The first-order valence-corrected chi connectivity index (χ1v) is 9.53. The second-order valence-corrected chi connectivity index (χ2v) is 7.18. The van der Waals surface area contributed by atoms with Gasteiger partial charge in [-0.3, -0.25) is 19.3 Å². The van der Waals surface area contributed by atoms with E-state index in [0.717, 1.165) is 4.90 Å². The van der Waals surface area contributed by atoms with Crippen LogP contribution in [0, 0.1) is 0 Å². The lowest BCUT2D eigenvalue weighted by Crippen LogP contribution is -2.34. The Morgan fingerprint density at radius 2 is 2.03 bits per heavy atom. The predicted octanol–water partition coefficient (Wildman–Crippen LogP) is 3.90. The van der Waals surface area contributed by atoms with Crippen molar-refractivity contribution in [2.75, 3.05) is 13.2 Å². The first-order chi connectivity index (χ1) is 13.8. The van der Waals surface area contributed by atoms with Gasteiger partial charge in [0, 0.05) is 11.6 Å². The average Bonchev–Trinajstić information content (AvgIpc) is 3.22. The van der Waals surface area contributed by atoms with Crippen molar-refractivity contribution in [2.45, 2.75) is 6.92 Å². The number of rotatable bonds is 6. The van der Waals surface area contributed by atoms with Gasteiger partial charge in [-0.1, -0.05) is 11.6 Å². The largest absolute Gasteiger partial charge is 0.478 e. The average molecular weight is 436 g/mol. The molecule has 10 heteroatoms. The number of amides is 2. The number of hydrogen-bond acceptors (Lipinski definition) is 7. The molecule has 0 unspecified atom stereocenters. The monoisotopic (exact) mass is 435 g/mol. The van der Waals surface area contributed by atoms with E-state index in [0.29, 0.717) is 28.1 Å². The van der Waals surface area contributed by atoms with Crippen LogP contribution in [-0.4, -0.2) is 46.2 Å². The van der Waals surface area contributed by atoms with Crippen LogP contribution in [0.15, 0.2) is 39.7 Å². The summed E-state index contributed by atoms with van der Waals surface area (Å²) in [4.78, 5) is 48.0. The standard InChI is InChI=1S/C19H14ClNO7S/c1-2-27-16(22)9-21-17(23)15(29-19(21)26)8-11-4-6-14(28-11)12-7-10(18(24)25)3-5-13(12)20/h3-8H,2,9H2,1H3,(H,24,25)/b15-8-. The van der Waals surface area contributed by atoms with E-state index < -0.39 is 29.6 Å². The lowest BCUT2D eigenvalue weighted by atomic mass is 10.1. The minimum Gasteiger partial charge on any atom is -0.478 e. The molecule has 8 nitrogen and oxygen atoms in total. The van der Waals surface area contributed by atoms with Crippen LogP contribution in [0.3, 0.4) is 0 Å². The van der Waals surface area contributed by atoms with Crippen LogP contribution in [0.5, 0.6) is 0 Å². The maximum Gasteiger partial charge on any atom is 0.335 e. The van der Waals surface area contributed by atoms with Crippen LogP contribution in [0.2, 0.25) is 5.02 Å². The Labute approximate surface area is 174 Å². The molecule has 150 valence electrons. The maximum absolute atomic E-state index is 12.4. The van der Waals surface area contributed by atoms with Crippen molar-refractivity contribution >= 4 is 52.5 Å². The molecule has 2 heterocycles. The number of aromatic carboxylic acids is 1. The minimum atomic E-state index is -1.11. The van der Waals surface area contributed by atoms with Crippen molar-refractivity contribution in [3.63, 3.8) is 0 Å². The molecule has 3 rings (SSSR count). The van der Waals surface area contributed by atoms with Gasteiger partial charge in [0.05, 0.1) is 22.1 Å². The van der Waals surface area contributed by atoms with Crippen molar-refractivity contribution in [3.8, 4) is 11.3 Å². The molecule has 0 bridgehead atoms. The highest BCUT2D eigenvalue weighted by atomic mass is 35.5. The fourth-order valence-corrected chi connectivity index (χ4v) is 3.55. The summed E-state index contributed by atoms with van der Waals surface area (Å²) in [6.45, 7) is 1.31. The highest BCUT2D eigenvalue weighted by Crippen LogP contribution is 2.34. The third-order valence-electron chi connectivity index (χ3n) is 3.85. The Hall–Kier alpha value is -3.04. The van der Waals surface area contributed by atoms with Crippen LogP contribution >= 0.6 is 23.4 Å². The number of furan rings is 1. The molecule has 0 radical (unpaired) electrons. The molecule has 1 aliphatic heterocycles. The second-order valence-electron chi connectivity index (χ2n) is 5.77. The van der Waals surface area contributed by atoms with Gasteiger partial charge in [-0.15, -0.1) is 0 Å². The fraction of sp³-hybridized carbons (Fsp3) is 0.158. The lowest BCUT2D eigenvalue weighted by molar-refractivity contribution is -0.145. The first kappa shape index (κ1) is 20.7. The summed E-state index contributed by atoms with van der Waals surface area (Å²) < 4.78 is 10.4. The van der Waals surface area contributed by atoms with E-state index in [4.69, 9.17) is 25.9 Å². The minimum absolute atomic E-state index is 0.0439. The molecule has 29 heavy (non-hydrogen) atoms. The topological polar surface area (TPSA) is 114 Å². The number of imide groups is 1. The number of carbonyl (C=O) groups excluding carboxylic acids is 3. The number of carboxylic acids is 1. The van der Waals surface area contributed by atoms with Crippen molar-refractivity contribution in [1.82, 2.24) is 4.90 Å². The summed E-state index contributed by atoms with van der Waals surface area (Å²) >= 11 is 6.81. The van der Waals surface area contributed by atoms with E-state index in [9.17, 15) is 19.2 Å². The van der Waals surface area contributed by atoms with E-state index in [-0.39, 0.29) is 22.8 Å². The van der Waals surface area contributed by atoms with Gasteiger partial charge in [-0.25, -0.2) is 4.79 Å². The van der Waals surface area contributed by atoms with Crippen LogP contribution in [0.25, 0.3) is 17.4 Å². The number of benzene rings is 1. The van der Waals surface area contributed by atoms with E-state index in [1.165, 1.54) is 24.3 Å². The molecule has 2 amide bonds. The van der Waals surface area contributed by atoms with Crippen molar-refractivity contribution in [2.24, 2.45) is 0 Å². The SMILES string of the molecule is CCOC(=O)CN1C(=O)S/C(=C\c2ccc(-c3cc(C(=O)O)ccc3Cl)o2)C1=O. The lowest BCUT2D eigenvalue weighted by Gasteiger charge is -2.10. The Morgan fingerprint density at radius 3 is 2.72 bits per heavy atom. The molecular weight excluding hydrogens is 422 g/mol. The number of carboxylic acid groups (broad SMARTS) is 1. The Bertz CT molecular complexity index is 1040. The third-order valence-corrected chi connectivity index (χ3v) is 5.08. The zero-order chi connectivity index (χ0) is 21.1. The van der Waals surface area contributed by atoms with Crippen LogP contribution in [-0.2, 0) is 14.3 Å². The third kappa shape index (κ3) is 4.52. The zero-order valence-corrected chi connectivity index (χ0v) is 16.6. The molecule has 0 atom stereocenters. The van der Waals surface area contributed by atoms with Gasteiger partial charge in [0.15, 0.2) is 0 Å². The second kappa shape index (κ2) is 8.54. The number of esters is 1. The van der Waals surface area contributed by atoms with Gasteiger partial charge < -0.3 is 14.3 Å². The van der Waals surface area contributed by atoms with Gasteiger partial charge in [0.2, 0.25) is 0 Å². The molecule has 1 fully saturated rings. The first-order valence-electron chi connectivity index (χ1n) is 8.34. The summed E-state index contributed by atoms with van der Waals surface area (Å²) in [5.41, 5.74) is 0.420. The normalized spacial score (nSPS) is 15.2. The van der Waals surface area contributed by atoms with Crippen molar-refractivity contribution in [3.05, 3.63) is 51.6 Å². The molecule has 1 aromatic heterocycles. The van der Waals surface area contributed by atoms with E-state index in [1.54, 1.807) is 19.1 Å². The number of thioether (sulfide) groups is 1. The highest BCUT2D eigenvalue weighted by molar-refractivity contribution is 8.18. The summed E-state index contributed by atoms with van der Waals surface area (Å²) in [7, 11) is 0. The molecule has 1 N–H and O–H groups in total. The molecule has 1 saturated heterocycles. The van der Waals surface area contributed by atoms with E-state index >= 15 is 0 Å². The molecule has 2 aromatic rings. The van der Waals surface area contributed by atoms with Crippen LogP contribution in [0.1, 0.15) is 23.0 Å². The van der Waals surface area contributed by atoms with E-state index in [1.807, 2.05) is 0 Å². The number of nitrogens with zero attached hydrogens (tertiary/aromatic N) is 1. The smallest absolute Gasteiger partial charge is 0.335 e. The van der Waals surface area contributed by atoms with Gasteiger partial charge in [0.25, 0.3) is 11.1 Å². The van der Waals surface area contributed by atoms with Gasteiger partial charge in [-0.05, 0) is 49.0 Å². The number of halogens is 1. The Kier molecular flexibility index (Phi) is 6.09. The molecule has 0 saturated carbocycles. The number of carbonyl (C=O) groups is 4. The fourth-order valence-electron chi connectivity index (χ4n) is 2.52. The highest BCUT2D eigenvalue weighted by Gasteiger charge is 2.36. The molecule has 0 aliphatic carbocycles. The van der Waals surface area contributed by atoms with Gasteiger partial charge in [-0.2, -0.15) is 0 Å². The van der Waals surface area contributed by atoms with E-state index in [2.05, 4.69) is 0 Å². The molecule has 0 spiro atoms. The number of ether oxygens (including phenoxy) is 1. The van der Waals surface area contributed by atoms with Gasteiger partial charge >= 0.3 is 11.9 Å². The van der Waals surface area contributed by atoms with Gasteiger partial charge in [0.1, 0.15) is 18.1 Å². The Balaban J connectivity index is 1.83. The molecule has 1 aromatic carbocycles. The summed E-state index contributed by atoms with van der Waals surface area (Å²) in [6, 6.07) is 7.32. The zero-order valence-electron chi connectivity index (χ0n) is 15.0. The van der Waals surface area contributed by atoms with Crippen LogP contribution < -0.4 is 0 Å². The quantitative estimate of drug-likeness (QED) is 0.536. The van der Waals surface area contributed by atoms with Crippen molar-refractivity contribution < 1.29 is 33.4 Å². The molecular formula is C19H14ClNO7S. The number of hydrogen-bond donors (Lipinski definition) is 1. The van der Waals surface area contributed by atoms with Crippen LogP contribution in [0.4, 0.5) is 4.79 Å². The maximum atomic E-state index is 12.4.